The van der Waals surface area contributed by atoms with Gasteiger partial charge >= 0.3 is 0 Å². The number of carbonyl (C=O) groups excluding carboxylic acids is 2. The predicted octanol–water partition coefficient (Wildman–Crippen LogP) is 3.90. The van der Waals surface area contributed by atoms with E-state index in [0.717, 1.165) is 37.3 Å². The SMILES string of the molecule is CCS(=O)(=O)c1ccc(C(=O)N2CCC3(CC2)c2ccc(C(=O)C(C)(C)C)n2CCN3C)cc1C. The Morgan fingerprint density at radius 3 is 2.23 bits per heavy atom. The number of carbonyl (C=O) groups is 2. The highest BCUT2D eigenvalue weighted by atomic mass is 32.2. The predicted molar refractivity (Wildman–Crippen MR) is 137 cm³/mol. The Bertz CT molecular complexity index is 1260. The molecule has 7 nitrogen and oxygen atoms in total. The second-order valence-corrected chi connectivity index (χ2v) is 13.2. The Hall–Kier alpha value is -2.45. The molecular weight excluding hydrogens is 462 g/mol. The summed E-state index contributed by atoms with van der Waals surface area (Å²) in [6.45, 7) is 12.1. The minimum absolute atomic E-state index is 0.0354. The third-order valence-electron chi connectivity index (χ3n) is 7.78. The number of ketones is 1. The molecule has 2 aliphatic heterocycles. The Labute approximate surface area is 209 Å². The van der Waals surface area contributed by atoms with E-state index in [0.29, 0.717) is 29.1 Å². The summed E-state index contributed by atoms with van der Waals surface area (Å²) in [7, 11) is -1.19. The van der Waals surface area contributed by atoms with Crippen molar-refractivity contribution in [2.24, 2.45) is 5.41 Å². The van der Waals surface area contributed by atoms with Crippen LogP contribution in [0.1, 0.15) is 72.6 Å². The van der Waals surface area contributed by atoms with Gasteiger partial charge in [0.05, 0.1) is 21.9 Å². The van der Waals surface area contributed by atoms with E-state index in [-0.39, 0.29) is 23.0 Å². The molecule has 2 aliphatic rings. The van der Waals surface area contributed by atoms with Crippen LogP contribution in [0.4, 0.5) is 0 Å². The summed E-state index contributed by atoms with van der Waals surface area (Å²) >= 11 is 0. The number of likely N-dealkylation sites (N-methyl/N-ethyl adjacent to an activating group) is 1. The normalized spacial score (nSPS) is 18.5. The molecule has 0 radical (unpaired) electrons. The van der Waals surface area contributed by atoms with Crippen LogP contribution in [-0.4, -0.2) is 66.9 Å². The molecule has 0 bridgehead atoms. The summed E-state index contributed by atoms with van der Waals surface area (Å²) < 4.78 is 26.8. The first-order chi connectivity index (χ1) is 16.3. The third-order valence-corrected chi connectivity index (χ3v) is 9.66. The summed E-state index contributed by atoms with van der Waals surface area (Å²) in [5.74, 6) is 0.119. The van der Waals surface area contributed by atoms with E-state index in [1.165, 1.54) is 0 Å². The first kappa shape index (κ1) is 25.6. The Morgan fingerprint density at radius 2 is 1.66 bits per heavy atom. The molecule has 1 spiro atoms. The monoisotopic (exact) mass is 499 g/mol. The zero-order valence-electron chi connectivity index (χ0n) is 21.7. The van der Waals surface area contributed by atoms with Crippen LogP contribution in [0, 0.1) is 12.3 Å². The van der Waals surface area contributed by atoms with Crippen molar-refractivity contribution in [1.29, 1.82) is 0 Å². The number of piperidine rings is 1. The number of Topliss-reactive ketones (excluding diaryl/α,β-unsaturated/α-hetero) is 1. The van der Waals surface area contributed by atoms with Crippen molar-refractivity contribution in [2.75, 3.05) is 32.4 Å². The number of amides is 1. The molecule has 1 aromatic carbocycles. The van der Waals surface area contributed by atoms with Gasteiger partial charge in [0, 0.05) is 42.9 Å². The molecule has 1 aromatic heterocycles. The molecule has 0 atom stereocenters. The lowest BCUT2D eigenvalue weighted by atomic mass is 9.81. The van der Waals surface area contributed by atoms with Gasteiger partial charge < -0.3 is 9.47 Å². The highest BCUT2D eigenvalue weighted by Crippen LogP contribution is 2.42. The van der Waals surface area contributed by atoms with Crippen LogP contribution in [0.15, 0.2) is 35.2 Å². The average Bonchev–Trinajstić information content (AvgIpc) is 3.25. The number of aryl methyl sites for hydroxylation is 1. The van der Waals surface area contributed by atoms with Gasteiger partial charge in [0.1, 0.15) is 0 Å². The molecule has 0 unspecified atom stereocenters. The van der Waals surface area contributed by atoms with Crippen LogP contribution in [-0.2, 0) is 21.9 Å². The van der Waals surface area contributed by atoms with Crippen molar-refractivity contribution >= 4 is 21.5 Å². The smallest absolute Gasteiger partial charge is 0.253 e. The molecule has 0 N–H and O–H groups in total. The number of likely N-dealkylation sites (tertiary alicyclic amines) is 1. The Kier molecular flexibility index (Phi) is 6.51. The number of hydrogen-bond donors (Lipinski definition) is 0. The average molecular weight is 500 g/mol. The maximum absolute atomic E-state index is 13.3. The van der Waals surface area contributed by atoms with Crippen molar-refractivity contribution in [3.05, 3.63) is 52.8 Å². The summed E-state index contributed by atoms with van der Waals surface area (Å²) in [6, 6.07) is 8.95. The zero-order chi connectivity index (χ0) is 25.8. The zero-order valence-corrected chi connectivity index (χ0v) is 22.5. The van der Waals surface area contributed by atoms with E-state index in [2.05, 4.69) is 22.6 Å². The van der Waals surface area contributed by atoms with Crippen molar-refractivity contribution in [3.63, 3.8) is 0 Å². The lowest BCUT2D eigenvalue weighted by Gasteiger charge is -2.50. The van der Waals surface area contributed by atoms with E-state index in [9.17, 15) is 18.0 Å². The first-order valence-corrected chi connectivity index (χ1v) is 14.1. The number of rotatable bonds is 4. The molecule has 1 saturated heterocycles. The van der Waals surface area contributed by atoms with Crippen LogP contribution in [0.2, 0.25) is 0 Å². The summed E-state index contributed by atoms with van der Waals surface area (Å²) in [6.07, 6.45) is 1.56. The fourth-order valence-electron chi connectivity index (χ4n) is 5.54. The van der Waals surface area contributed by atoms with E-state index < -0.39 is 15.3 Å². The quantitative estimate of drug-likeness (QED) is 0.596. The molecular formula is C27H37N3O4S. The molecule has 0 aliphatic carbocycles. The Morgan fingerprint density at radius 1 is 1.00 bits per heavy atom. The van der Waals surface area contributed by atoms with Crippen LogP contribution in [0.25, 0.3) is 0 Å². The number of sulfone groups is 1. The molecule has 1 amide bonds. The first-order valence-electron chi connectivity index (χ1n) is 12.4. The summed E-state index contributed by atoms with van der Waals surface area (Å²) in [5.41, 5.74) is 2.41. The van der Waals surface area contributed by atoms with Crippen LogP contribution >= 0.6 is 0 Å². The fourth-order valence-corrected chi connectivity index (χ4v) is 6.68. The maximum Gasteiger partial charge on any atom is 0.253 e. The van der Waals surface area contributed by atoms with Crippen molar-refractivity contribution in [2.45, 2.75) is 64.4 Å². The minimum atomic E-state index is -3.32. The Balaban J connectivity index is 1.56. The van der Waals surface area contributed by atoms with Gasteiger partial charge in [-0.25, -0.2) is 8.42 Å². The lowest BCUT2D eigenvalue weighted by Crippen LogP contribution is -2.56. The van der Waals surface area contributed by atoms with Gasteiger partial charge in [0.15, 0.2) is 15.6 Å². The minimum Gasteiger partial charge on any atom is -0.339 e. The van der Waals surface area contributed by atoms with Crippen LogP contribution in [0.3, 0.4) is 0 Å². The molecule has 8 heteroatoms. The number of fused-ring (bicyclic) bond motifs is 2. The van der Waals surface area contributed by atoms with Gasteiger partial charge in [-0.05, 0) is 62.7 Å². The topological polar surface area (TPSA) is 79.7 Å². The van der Waals surface area contributed by atoms with Gasteiger partial charge in [0.25, 0.3) is 5.91 Å². The van der Waals surface area contributed by atoms with Crippen molar-refractivity contribution < 1.29 is 18.0 Å². The maximum atomic E-state index is 13.3. The second-order valence-electron chi connectivity index (χ2n) is 11.0. The standard InChI is InChI=1S/C27H37N3O4S/c1-7-35(33,34)22-10-8-20(18-19(22)2)25(32)29-14-12-27(13-15-29)23-11-9-21(24(31)26(3,4)5)30(23)17-16-28(27)6/h8-11,18H,7,12-17H2,1-6H3. The highest BCUT2D eigenvalue weighted by molar-refractivity contribution is 7.91. The number of nitrogens with zero attached hydrogens (tertiary/aromatic N) is 3. The molecule has 0 saturated carbocycles. The number of benzene rings is 1. The summed E-state index contributed by atoms with van der Waals surface area (Å²) in [5, 5.41) is 0. The molecule has 190 valence electrons. The van der Waals surface area contributed by atoms with Crippen LogP contribution < -0.4 is 0 Å². The number of aromatic nitrogens is 1. The molecule has 1 fully saturated rings. The van der Waals surface area contributed by atoms with Crippen LogP contribution in [0.5, 0.6) is 0 Å². The van der Waals surface area contributed by atoms with Gasteiger partial charge in [-0.15, -0.1) is 0 Å². The molecule has 35 heavy (non-hydrogen) atoms. The van der Waals surface area contributed by atoms with E-state index in [1.54, 1.807) is 32.0 Å². The van der Waals surface area contributed by atoms with E-state index in [4.69, 9.17) is 0 Å². The fraction of sp³-hybridized carbons (Fsp3) is 0.556. The van der Waals surface area contributed by atoms with Gasteiger partial charge in [-0.1, -0.05) is 27.7 Å². The highest BCUT2D eigenvalue weighted by Gasteiger charge is 2.45. The van der Waals surface area contributed by atoms with Crippen molar-refractivity contribution in [3.8, 4) is 0 Å². The van der Waals surface area contributed by atoms with E-state index >= 15 is 0 Å². The van der Waals surface area contributed by atoms with Crippen molar-refractivity contribution in [1.82, 2.24) is 14.4 Å². The van der Waals surface area contributed by atoms with E-state index in [1.807, 2.05) is 31.7 Å². The van der Waals surface area contributed by atoms with Gasteiger partial charge in [0.2, 0.25) is 0 Å². The van der Waals surface area contributed by atoms with Gasteiger partial charge in [-0.2, -0.15) is 0 Å². The summed E-state index contributed by atoms with van der Waals surface area (Å²) in [4.78, 5) is 30.9. The van der Waals surface area contributed by atoms with Gasteiger partial charge in [-0.3, -0.25) is 14.5 Å². The third kappa shape index (κ3) is 4.35. The second kappa shape index (κ2) is 8.89. The molecule has 3 heterocycles. The molecule has 4 rings (SSSR count). The number of hydrogen-bond acceptors (Lipinski definition) is 5. The largest absolute Gasteiger partial charge is 0.339 e. The molecule has 2 aromatic rings. The lowest BCUT2D eigenvalue weighted by molar-refractivity contribution is 0.0126.